The van der Waals surface area contributed by atoms with Gasteiger partial charge in [-0.1, -0.05) is 29.8 Å². The SMILES string of the molecule is CC1(C(=O)Nc2cccc3cccnc23)Oc2ccc(Cl)cc2NC1=O. The Morgan fingerprint density at radius 3 is 2.88 bits per heavy atom. The predicted molar refractivity (Wildman–Crippen MR) is 99.5 cm³/mol. The summed E-state index contributed by atoms with van der Waals surface area (Å²) in [6.45, 7) is 1.42. The summed E-state index contributed by atoms with van der Waals surface area (Å²) < 4.78 is 5.73. The molecule has 1 aliphatic rings. The Labute approximate surface area is 154 Å². The number of anilines is 2. The van der Waals surface area contributed by atoms with Crippen LogP contribution in [0.15, 0.2) is 54.7 Å². The number of benzene rings is 2. The Hall–Kier alpha value is -3.12. The number of nitrogens with zero attached hydrogens (tertiary/aromatic N) is 1. The Morgan fingerprint density at radius 2 is 2.04 bits per heavy atom. The Kier molecular flexibility index (Phi) is 3.77. The van der Waals surface area contributed by atoms with E-state index < -0.39 is 17.4 Å². The Morgan fingerprint density at radius 1 is 1.23 bits per heavy atom. The van der Waals surface area contributed by atoms with Crippen molar-refractivity contribution in [2.45, 2.75) is 12.5 Å². The van der Waals surface area contributed by atoms with E-state index in [1.807, 2.05) is 18.2 Å². The van der Waals surface area contributed by atoms with Crippen LogP contribution in [0.4, 0.5) is 11.4 Å². The van der Waals surface area contributed by atoms with Gasteiger partial charge in [-0.15, -0.1) is 0 Å². The molecule has 7 heteroatoms. The molecule has 0 fully saturated rings. The third-order valence-electron chi connectivity index (χ3n) is 4.25. The fourth-order valence-electron chi connectivity index (χ4n) is 2.79. The molecule has 0 saturated heterocycles. The minimum Gasteiger partial charge on any atom is -0.466 e. The molecule has 2 N–H and O–H groups in total. The molecule has 2 aromatic carbocycles. The van der Waals surface area contributed by atoms with E-state index in [2.05, 4.69) is 15.6 Å². The van der Waals surface area contributed by atoms with Crippen molar-refractivity contribution >= 4 is 45.7 Å². The molecule has 6 nitrogen and oxygen atoms in total. The van der Waals surface area contributed by atoms with Crippen molar-refractivity contribution in [2.24, 2.45) is 0 Å². The summed E-state index contributed by atoms with van der Waals surface area (Å²) >= 11 is 5.93. The van der Waals surface area contributed by atoms with Crippen LogP contribution in [-0.4, -0.2) is 22.4 Å². The van der Waals surface area contributed by atoms with Crippen molar-refractivity contribution in [3.8, 4) is 5.75 Å². The molecule has 0 spiro atoms. The Bertz CT molecular complexity index is 1050. The fourth-order valence-corrected chi connectivity index (χ4v) is 2.96. The van der Waals surface area contributed by atoms with E-state index in [1.54, 1.807) is 36.5 Å². The van der Waals surface area contributed by atoms with E-state index in [-0.39, 0.29) is 0 Å². The molecule has 4 rings (SSSR count). The summed E-state index contributed by atoms with van der Waals surface area (Å²) in [6, 6.07) is 13.9. The molecule has 0 aliphatic carbocycles. The third kappa shape index (κ3) is 2.64. The first-order valence-corrected chi connectivity index (χ1v) is 8.30. The highest BCUT2D eigenvalue weighted by Crippen LogP contribution is 2.36. The van der Waals surface area contributed by atoms with Crippen LogP contribution in [0.1, 0.15) is 6.92 Å². The van der Waals surface area contributed by atoms with Gasteiger partial charge in [0.25, 0.3) is 17.4 Å². The lowest BCUT2D eigenvalue weighted by atomic mass is 10.0. The van der Waals surface area contributed by atoms with Crippen molar-refractivity contribution in [1.29, 1.82) is 0 Å². The second-order valence-corrected chi connectivity index (χ2v) is 6.50. The second kappa shape index (κ2) is 6.00. The maximum absolute atomic E-state index is 12.9. The second-order valence-electron chi connectivity index (χ2n) is 6.06. The van der Waals surface area contributed by atoms with Gasteiger partial charge in [-0.2, -0.15) is 0 Å². The van der Waals surface area contributed by atoms with Gasteiger partial charge in [0.05, 0.1) is 16.9 Å². The van der Waals surface area contributed by atoms with Gasteiger partial charge in [-0.25, -0.2) is 0 Å². The predicted octanol–water partition coefficient (Wildman–Crippen LogP) is 3.62. The average molecular weight is 368 g/mol. The van der Waals surface area contributed by atoms with Gasteiger partial charge in [0, 0.05) is 16.6 Å². The number of carbonyl (C=O) groups is 2. The minimum absolute atomic E-state index is 0.377. The number of para-hydroxylation sites is 1. The largest absolute Gasteiger partial charge is 0.466 e. The molecule has 1 aliphatic heterocycles. The van der Waals surface area contributed by atoms with Gasteiger partial charge in [-0.05, 0) is 37.3 Å². The molecular weight excluding hydrogens is 354 g/mol. The highest BCUT2D eigenvalue weighted by atomic mass is 35.5. The van der Waals surface area contributed by atoms with Gasteiger partial charge >= 0.3 is 0 Å². The van der Waals surface area contributed by atoms with Crippen molar-refractivity contribution in [3.63, 3.8) is 0 Å². The van der Waals surface area contributed by atoms with Crippen molar-refractivity contribution in [1.82, 2.24) is 4.98 Å². The van der Waals surface area contributed by atoms with Gasteiger partial charge < -0.3 is 15.4 Å². The van der Waals surface area contributed by atoms with E-state index in [0.29, 0.717) is 27.7 Å². The number of nitrogens with one attached hydrogen (secondary N) is 2. The normalized spacial score (nSPS) is 18.6. The molecule has 26 heavy (non-hydrogen) atoms. The molecule has 3 aromatic rings. The van der Waals surface area contributed by atoms with Crippen molar-refractivity contribution in [2.75, 3.05) is 10.6 Å². The van der Waals surface area contributed by atoms with Gasteiger partial charge in [0.2, 0.25) is 0 Å². The van der Waals surface area contributed by atoms with Crippen LogP contribution in [0, 0.1) is 0 Å². The van der Waals surface area contributed by atoms with Gasteiger partial charge in [-0.3, -0.25) is 14.6 Å². The summed E-state index contributed by atoms with van der Waals surface area (Å²) in [5, 5.41) is 6.76. The average Bonchev–Trinajstić information content (AvgIpc) is 2.63. The van der Waals surface area contributed by atoms with Crippen LogP contribution in [-0.2, 0) is 9.59 Å². The van der Waals surface area contributed by atoms with E-state index in [1.165, 1.54) is 6.92 Å². The van der Waals surface area contributed by atoms with Gasteiger partial charge in [0.1, 0.15) is 5.75 Å². The van der Waals surface area contributed by atoms with E-state index in [0.717, 1.165) is 5.39 Å². The standard InChI is InChI=1S/C19H14ClN3O3/c1-19(18(25)23-14-10-12(20)7-8-15(14)26-19)17(24)22-13-6-2-4-11-5-3-9-21-16(11)13/h2-10H,1H3,(H,22,24)(H,23,25). The fraction of sp³-hybridized carbons (Fsp3) is 0.105. The van der Waals surface area contributed by atoms with Crippen molar-refractivity contribution in [3.05, 3.63) is 59.8 Å². The lowest BCUT2D eigenvalue weighted by Crippen LogP contribution is -2.56. The van der Waals surface area contributed by atoms with Crippen LogP contribution in [0.2, 0.25) is 5.02 Å². The highest BCUT2D eigenvalue weighted by Gasteiger charge is 2.47. The smallest absolute Gasteiger partial charge is 0.278 e. The van der Waals surface area contributed by atoms with Crippen LogP contribution in [0.5, 0.6) is 5.75 Å². The molecule has 1 atom stereocenters. The Balaban J connectivity index is 1.67. The summed E-state index contributed by atoms with van der Waals surface area (Å²) in [6.07, 6.45) is 1.64. The molecule has 2 amide bonds. The lowest BCUT2D eigenvalue weighted by molar-refractivity contribution is -0.143. The molecular formula is C19H14ClN3O3. The first kappa shape index (κ1) is 16.4. The quantitative estimate of drug-likeness (QED) is 0.678. The third-order valence-corrected chi connectivity index (χ3v) is 4.49. The topological polar surface area (TPSA) is 80.3 Å². The van der Waals surface area contributed by atoms with Crippen molar-refractivity contribution < 1.29 is 14.3 Å². The van der Waals surface area contributed by atoms with E-state index in [9.17, 15) is 9.59 Å². The number of hydrogen-bond donors (Lipinski definition) is 2. The number of fused-ring (bicyclic) bond motifs is 2. The maximum Gasteiger partial charge on any atom is 0.278 e. The van der Waals surface area contributed by atoms with Crippen LogP contribution < -0.4 is 15.4 Å². The molecule has 0 bridgehead atoms. The number of amides is 2. The number of pyridine rings is 1. The number of hydrogen-bond acceptors (Lipinski definition) is 4. The monoisotopic (exact) mass is 367 g/mol. The highest BCUT2D eigenvalue weighted by molar-refractivity contribution is 6.31. The van der Waals surface area contributed by atoms with Gasteiger partial charge in [0.15, 0.2) is 0 Å². The number of carbonyl (C=O) groups excluding carboxylic acids is 2. The van der Waals surface area contributed by atoms with E-state index in [4.69, 9.17) is 16.3 Å². The number of rotatable bonds is 2. The zero-order chi connectivity index (χ0) is 18.3. The first-order chi connectivity index (χ1) is 12.5. The summed E-state index contributed by atoms with van der Waals surface area (Å²) in [5.41, 5.74) is -0.153. The van der Waals surface area contributed by atoms with Crippen LogP contribution in [0.3, 0.4) is 0 Å². The molecule has 2 heterocycles. The molecule has 0 saturated carbocycles. The summed E-state index contributed by atoms with van der Waals surface area (Å²) in [7, 11) is 0. The summed E-state index contributed by atoms with van der Waals surface area (Å²) in [4.78, 5) is 29.7. The van der Waals surface area contributed by atoms with Crippen LogP contribution >= 0.6 is 11.6 Å². The maximum atomic E-state index is 12.9. The molecule has 130 valence electrons. The summed E-state index contributed by atoms with van der Waals surface area (Å²) in [5.74, 6) is -0.783. The molecule has 1 aromatic heterocycles. The minimum atomic E-state index is -1.72. The zero-order valence-electron chi connectivity index (χ0n) is 13.7. The number of aromatic nitrogens is 1. The lowest BCUT2D eigenvalue weighted by Gasteiger charge is -2.33. The number of halogens is 1. The first-order valence-electron chi connectivity index (χ1n) is 7.92. The zero-order valence-corrected chi connectivity index (χ0v) is 14.5. The van der Waals surface area contributed by atoms with Crippen LogP contribution in [0.25, 0.3) is 10.9 Å². The number of ether oxygens (including phenoxy) is 1. The molecule has 1 unspecified atom stereocenters. The molecule has 0 radical (unpaired) electrons. The van der Waals surface area contributed by atoms with E-state index >= 15 is 0 Å².